The van der Waals surface area contributed by atoms with Crippen LogP contribution in [-0.2, 0) is 9.47 Å². The molecule has 1 aliphatic rings. The second-order valence-electron chi connectivity index (χ2n) is 6.39. The highest BCUT2D eigenvalue weighted by atomic mass is 16.5. The van der Waals surface area contributed by atoms with Gasteiger partial charge in [-0.25, -0.2) is 0 Å². The van der Waals surface area contributed by atoms with Crippen molar-refractivity contribution in [3.63, 3.8) is 0 Å². The summed E-state index contributed by atoms with van der Waals surface area (Å²) in [6.07, 6.45) is 8.11. The van der Waals surface area contributed by atoms with Crippen molar-refractivity contribution < 1.29 is 14.6 Å². The topological polar surface area (TPSA) is 50.7 Å². The highest BCUT2D eigenvalue weighted by Gasteiger charge is 2.19. The highest BCUT2D eigenvalue weighted by molar-refractivity contribution is 4.71. The molecule has 0 aromatic rings. The van der Waals surface area contributed by atoms with Crippen molar-refractivity contribution in [2.75, 3.05) is 32.9 Å². The third-order valence-corrected chi connectivity index (χ3v) is 4.15. The molecule has 0 aromatic carbocycles. The van der Waals surface area contributed by atoms with Gasteiger partial charge in [-0.3, -0.25) is 0 Å². The molecule has 1 unspecified atom stereocenters. The Hall–Kier alpha value is -0.160. The van der Waals surface area contributed by atoms with E-state index in [1.54, 1.807) is 0 Å². The van der Waals surface area contributed by atoms with Gasteiger partial charge in [-0.1, -0.05) is 20.3 Å². The maximum atomic E-state index is 9.89. The molecule has 0 aromatic heterocycles. The average molecular weight is 301 g/mol. The van der Waals surface area contributed by atoms with Gasteiger partial charge >= 0.3 is 0 Å². The molecule has 0 aliphatic heterocycles. The Kier molecular flexibility index (Phi) is 11.1. The number of aliphatic hydroxyl groups excluding tert-OH is 1. The van der Waals surface area contributed by atoms with Gasteiger partial charge in [0.1, 0.15) is 0 Å². The van der Waals surface area contributed by atoms with E-state index in [1.807, 2.05) is 0 Å². The number of rotatable bonds is 12. The standard InChI is InChI=1S/C17H35NO3/c1-3-4-11-20-12-5-10-18-13-16(19)14-21-17-8-6-15(2)7-9-17/h15-19H,3-14H2,1-2H3. The third kappa shape index (κ3) is 10.2. The molecule has 21 heavy (non-hydrogen) atoms. The Morgan fingerprint density at radius 2 is 1.86 bits per heavy atom. The monoisotopic (exact) mass is 301 g/mol. The summed E-state index contributed by atoms with van der Waals surface area (Å²) in [6, 6.07) is 0. The summed E-state index contributed by atoms with van der Waals surface area (Å²) in [7, 11) is 0. The predicted molar refractivity (Wildman–Crippen MR) is 86.6 cm³/mol. The van der Waals surface area contributed by atoms with Crippen LogP contribution in [0.5, 0.6) is 0 Å². The Bertz CT molecular complexity index is 230. The molecule has 4 heteroatoms. The van der Waals surface area contributed by atoms with Crippen molar-refractivity contribution in [3.05, 3.63) is 0 Å². The molecule has 1 rings (SSSR count). The van der Waals surface area contributed by atoms with Crippen LogP contribution in [0, 0.1) is 5.92 Å². The Morgan fingerprint density at radius 1 is 1.14 bits per heavy atom. The molecule has 0 bridgehead atoms. The number of unbranched alkanes of at least 4 members (excludes halogenated alkanes) is 1. The van der Waals surface area contributed by atoms with Crippen LogP contribution in [0.25, 0.3) is 0 Å². The van der Waals surface area contributed by atoms with E-state index in [0.717, 1.165) is 51.4 Å². The lowest BCUT2D eigenvalue weighted by Gasteiger charge is -2.27. The minimum atomic E-state index is -0.398. The molecule has 0 spiro atoms. The van der Waals surface area contributed by atoms with Gasteiger partial charge in [0.05, 0.1) is 18.8 Å². The molecular weight excluding hydrogens is 266 g/mol. The van der Waals surface area contributed by atoms with E-state index >= 15 is 0 Å². The van der Waals surface area contributed by atoms with Gasteiger partial charge in [0.25, 0.3) is 0 Å². The van der Waals surface area contributed by atoms with E-state index in [0.29, 0.717) is 19.3 Å². The molecule has 1 fully saturated rings. The number of hydrogen-bond acceptors (Lipinski definition) is 4. The first kappa shape index (κ1) is 18.9. The van der Waals surface area contributed by atoms with Gasteiger partial charge < -0.3 is 19.9 Å². The predicted octanol–water partition coefficient (Wildman–Crippen LogP) is 2.74. The maximum absolute atomic E-state index is 9.89. The lowest BCUT2D eigenvalue weighted by molar-refractivity contribution is -0.0278. The molecular formula is C17H35NO3. The number of hydrogen-bond donors (Lipinski definition) is 2. The zero-order valence-corrected chi connectivity index (χ0v) is 14.0. The Morgan fingerprint density at radius 3 is 2.57 bits per heavy atom. The fraction of sp³-hybridized carbons (Fsp3) is 1.00. The second kappa shape index (κ2) is 12.4. The summed E-state index contributed by atoms with van der Waals surface area (Å²) < 4.78 is 11.3. The SMILES string of the molecule is CCCCOCCCNCC(O)COC1CCC(C)CC1. The second-order valence-corrected chi connectivity index (χ2v) is 6.39. The van der Waals surface area contributed by atoms with Gasteiger partial charge in [-0.05, 0) is 51.0 Å². The summed E-state index contributed by atoms with van der Waals surface area (Å²) in [6.45, 7) is 8.11. The lowest BCUT2D eigenvalue weighted by Crippen LogP contribution is -2.33. The van der Waals surface area contributed by atoms with E-state index < -0.39 is 6.10 Å². The molecule has 0 amide bonds. The molecule has 1 saturated carbocycles. The van der Waals surface area contributed by atoms with Crippen LogP contribution in [0.3, 0.4) is 0 Å². The van der Waals surface area contributed by atoms with Crippen LogP contribution < -0.4 is 5.32 Å². The number of nitrogens with one attached hydrogen (secondary N) is 1. The van der Waals surface area contributed by atoms with Crippen LogP contribution in [0.4, 0.5) is 0 Å². The zero-order chi connectivity index (χ0) is 15.3. The quantitative estimate of drug-likeness (QED) is 0.544. The maximum Gasteiger partial charge on any atom is 0.0897 e. The van der Waals surface area contributed by atoms with E-state index in [9.17, 15) is 5.11 Å². The summed E-state index contributed by atoms with van der Waals surface area (Å²) in [5, 5.41) is 13.1. The highest BCUT2D eigenvalue weighted by Crippen LogP contribution is 2.25. The van der Waals surface area contributed by atoms with E-state index in [2.05, 4.69) is 19.2 Å². The number of ether oxygens (including phenoxy) is 2. The number of aliphatic hydroxyl groups is 1. The fourth-order valence-electron chi connectivity index (χ4n) is 2.62. The van der Waals surface area contributed by atoms with Gasteiger partial charge in [0.15, 0.2) is 0 Å². The van der Waals surface area contributed by atoms with Crippen molar-refractivity contribution in [2.24, 2.45) is 5.92 Å². The molecule has 0 saturated heterocycles. The van der Waals surface area contributed by atoms with Crippen molar-refractivity contribution in [1.82, 2.24) is 5.32 Å². The lowest BCUT2D eigenvalue weighted by atomic mass is 9.89. The van der Waals surface area contributed by atoms with Crippen molar-refractivity contribution >= 4 is 0 Å². The molecule has 1 atom stereocenters. The van der Waals surface area contributed by atoms with Crippen LogP contribution in [-0.4, -0.2) is 50.2 Å². The smallest absolute Gasteiger partial charge is 0.0897 e. The minimum Gasteiger partial charge on any atom is -0.389 e. The van der Waals surface area contributed by atoms with Crippen LogP contribution in [0.1, 0.15) is 58.8 Å². The van der Waals surface area contributed by atoms with Crippen LogP contribution in [0.15, 0.2) is 0 Å². The summed E-state index contributed by atoms with van der Waals surface area (Å²) >= 11 is 0. The van der Waals surface area contributed by atoms with E-state index in [1.165, 1.54) is 19.3 Å². The largest absolute Gasteiger partial charge is 0.389 e. The van der Waals surface area contributed by atoms with Crippen molar-refractivity contribution in [2.45, 2.75) is 71.0 Å². The molecule has 126 valence electrons. The molecule has 1 aliphatic carbocycles. The van der Waals surface area contributed by atoms with E-state index in [4.69, 9.17) is 9.47 Å². The van der Waals surface area contributed by atoms with Gasteiger partial charge in [0.2, 0.25) is 0 Å². The Balaban J connectivity index is 1.86. The minimum absolute atomic E-state index is 0.364. The molecule has 2 N–H and O–H groups in total. The zero-order valence-electron chi connectivity index (χ0n) is 14.0. The van der Waals surface area contributed by atoms with E-state index in [-0.39, 0.29) is 0 Å². The van der Waals surface area contributed by atoms with Crippen molar-refractivity contribution in [3.8, 4) is 0 Å². The molecule has 0 heterocycles. The molecule has 4 nitrogen and oxygen atoms in total. The first-order valence-corrected chi connectivity index (χ1v) is 8.80. The Labute approximate surface area is 130 Å². The summed E-state index contributed by atoms with van der Waals surface area (Å²) in [5.41, 5.74) is 0. The first-order valence-electron chi connectivity index (χ1n) is 8.80. The third-order valence-electron chi connectivity index (χ3n) is 4.15. The average Bonchev–Trinajstić information content (AvgIpc) is 2.49. The van der Waals surface area contributed by atoms with Crippen LogP contribution in [0.2, 0.25) is 0 Å². The van der Waals surface area contributed by atoms with Crippen LogP contribution >= 0.6 is 0 Å². The summed E-state index contributed by atoms with van der Waals surface area (Å²) in [5.74, 6) is 0.844. The molecule has 0 radical (unpaired) electrons. The fourth-order valence-corrected chi connectivity index (χ4v) is 2.62. The summed E-state index contributed by atoms with van der Waals surface area (Å²) in [4.78, 5) is 0. The van der Waals surface area contributed by atoms with Gasteiger partial charge in [-0.2, -0.15) is 0 Å². The first-order chi connectivity index (χ1) is 10.2. The van der Waals surface area contributed by atoms with Crippen molar-refractivity contribution in [1.29, 1.82) is 0 Å². The van der Waals surface area contributed by atoms with Gasteiger partial charge in [-0.15, -0.1) is 0 Å². The van der Waals surface area contributed by atoms with Gasteiger partial charge in [0, 0.05) is 19.8 Å². The normalized spacial score (nSPS) is 24.1.